The van der Waals surface area contributed by atoms with Gasteiger partial charge in [-0.15, -0.1) is 11.8 Å². The molecule has 100 valence electrons. The number of thioether (sulfide) groups is 1. The van der Waals surface area contributed by atoms with Gasteiger partial charge in [-0.1, -0.05) is 6.07 Å². The molecular formula is C12H13F3O2S. The van der Waals surface area contributed by atoms with E-state index in [4.69, 9.17) is 5.11 Å². The summed E-state index contributed by atoms with van der Waals surface area (Å²) in [4.78, 5) is 10.8. The molecule has 1 rings (SSSR count). The first-order valence-corrected chi connectivity index (χ1v) is 6.40. The normalized spacial score (nSPS) is 11.5. The highest BCUT2D eigenvalue weighted by atomic mass is 32.2. The van der Waals surface area contributed by atoms with Crippen LogP contribution in [0.15, 0.2) is 29.2 Å². The Morgan fingerprint density at radius 1 is 1.28 bits per heavy atom. The minimum Gasteiger partial charge on any atom is -0.481 e. The molecule has 0 amide bonds. The second-order valence-corrected chi connectivity index (χ2v) is 4.89. The van der Waals surface area contributed by atoms with E-state index in [1.807, 2.05) is 0 Å². The van der Waals surface area contributed by atoms with Crippen LogP contribution in [0.2, 0.25) is 0 Å². The maximum atomic E-state index is 12.4. The second kappa shape index (κ2) is 6.68. The van der Waals surface area contributed by atoms with Crippen molar-refractivity contribution in [3.8, 4) is 0 Å². The van der Waals surface area contributed by atoms with Crippen molar-refractivity contribution in [3.05, 3.63) is 29.8 Å². The van der Waals surface area contributed by atoms with E-state index in [1.54, 1.807) is 6.07 Å². The van der Waals surface area contributed by atoms with Gasteiger partial charge in [0.2, 0.25) is 0 Å². The summed E-state index contributed by atoms with van der Waals surface area (Å²) in [5, 5.41) is 8.42. The predicted molar refractivity (Wildman–Crippen MR) is 63.7 cm³/mol. The third kappa shape index (κ3) is 5.44. The van der Waals surface area contributed by atoms with E-state index in [9.17, 15) is 18.0 Å². The van der Waals surface area contributed by atoms with Crippen LogP contribution in [0.4, 0.5) is 13.2 Å². The molecule has 1 aromatic carbocycles. The average molecular weight is 278 g/mol. The number of unbranched alkanes of at least 4 members (excludes halogenated alkanes) is 1. The lowest BCUT2D eigenvalue weighted by atomic mass is 10.2. The fourth-order valence-electron chi connectivity index (χ4n) is 1.33. The van der Waals surface area contributed by atoms with Gasteiger partial charge < -0.3 is 5.11 Å². The molecule has 0 spiro atoms. The second-order valence-electron chi connectivity index (χ2n) is 3.72. The summed E-state index contributed by atoms with van der Waals surface area (Å²) in [5.41, 5.74) is -0.655. The molecule has 0 fully saturated rings. The lowest BCUT2D eigenvalue weighted by Gasteiger charge is -2.08. The Hall–Kier alpha value is -1.17. The SMILES string of the molecule is O=C(O)CCCCSc1cccc(C(F)(F)F)c1. The number of rotatable bonds is 6. The Morgan fingerprint density at radius 3 is 2.61 bits per heavy atom. The fourth-order valence-corrected chi connectivity index (χ4v) is 2.30. The molecule has 0 aliphatic carbocycles. The summed E-state index contributed by atoms with van der Waals surface area (Å²) in [6.07, 6.45) is -3.00. The number of carboxylic acid groups (broad SMARTS) is 1. The fraction of sp³-hybridized carbons (Fsp3) is 0.417. The molecule has 6 heteroatoms. The topological polar surface area (TPSA) is 37.3 Å². The third-order valence-electron chi connectivity index (χ3n) is 2.22. The molecular weight excluding hydrogens is 265 g/mol. The van der Waals surface area contributed by atoms with Crippen LogP contribution in [0.25, 0.3) is 0 Å². The van der Waals surface area contributed by atoms with E-state index in [0.717, 1.165) is 12.1 Å². The Kier molecular flexibility index (Phi) is 5.53. The van der Waals surface area contributed by atoms with Crippen molar-refractivity contribution in [3.63, 3.8) is 0 Å². The molecule has 0 aromatic heterocycles. The minimum atomic E-state index is -4.32. The molecule has 0 unspecified atom stereocenters. The number of hydrogen-bond donors (Lipinski definition) is 1. The molecule has 0 saturated carbocycles. The average Bonchev–Trinajstić information content (AvgIpc) is 2.27. The minimum absolute atomic E-state index is 0.100. The Bertz CT molecular complexity index is 405. The van der Waals surface area contributed by atoms with Crippen molar-refractivity contribution < 1.29 is 23.1 Å². The summed E-state index contributed by atoms with van der Waals surface area (Å²) in [7, 11) is 0. The van der Waals surface area contributed by atoms with Gasteiger partial charge in [0.05, 0.1) is 5.56 Å². The van der Waals surface area contributed by atoms with Gasteiger partial charge in [-0.2, -0.15) is 13.2 Å². The van der Waals surface area contributed by atoms with Crippen molar-refractivity contribution in [1.82, 2.24) is 0 Å². The first-order chi connectivity index (χ1) is 8.39. The smallest absolute Gasteiger partial charge is 0.416 e. The number of benzene rings is 1. The maximum Gasteiger partial charge on any atom is 0.416 e. The van der Waals surface area contributed by atoms with Gasteiger partial charge in [0.25, 0.3) is 0 Å². The molecule has 0 heterocycles. The first kappa shape index (κ1) is 14.9. The first-order valence-electron chi connectivity index (χ1n) is 5.41. The number of hydrogen-bond acceptors (Lipinski definition) is 2. The molecule has 1 aromatic rings. The van der Waals surface area contributed by atoms with E-state index in [1.165, 1.54) is 17.8 Å². The van der Waals surface area contributed by atoms with Gasteiger partial charge in [0.15, 0.2) is 0 Å². The predicted octanol–water partition coefficient (Wildman–Crippen LogP) is 4.05. The van der Waals surface area contributed by atoms with Crippen molar-refractivity contribution in [2.45, 2.75) is 30.3 Å². The van der Waals surface area contributed by atoms with E-state index in [0.29, 0.717) is 23.5 Å². The van der Waals surface area contributed by atoms with Crippen molar-refractivity contribution in [1.29, 1.82) is 0 Å². The van der Waals surface area contributed by atoms with Gasteiger partial charge in [-0.25, -0.2) is 0 Å². The van der Waals surface area contributed by atoms with Crippen molar-refractivity contribution in [2.75, 3.05) is 5.75 Å². The summed E-state index contributed by atoms with van der Waals surface area (Å²) in [6.45, 7) is 0. The van der Waals surface area contributed by atoms with Crippen LogP contribution in [0.1, 0.15) is 24.8 Å². The van der Waals surface area contributed by atoms with Gasteiger partial charge >= 0.3 is 12.1 Å². The Labute approximate surface area is 107 Å². The van der Waals surface area contributed by atoms with Gasteiger partial charge in [0, 0.05) is 11.3 Å². The maximum absolute atomic E-state index is 12.4. The van der Waals surface area contributed by atoms with Crippen molar-refractivity contribution >= 4 is 17.7 Å². The summed E-state index contributed by atoms with van der Waals surface area (Å²) in [6, 6.07) is 5.15. The number of carbonyl (C=O) groups is 1. The molecule has 0 aliphatic heterocycles. The lowest BCUT2D eigenvalue weighted by molar-refractivity contribution is -0.138. The van der Waals surface area contributed by atoms with E-state index in [2.05, 4.69) is 0 Å². The van der Waals surface area contributed by atoms with Crippen LogP contribution >= 0.6 is 11.8 Å². The number of halogens is 3. The van der Waals surface area contributed by atoms with Crippen LogP contribution < -0.4 is 0 Å². The van der Waals surface area contributed by atoms with Gasteiger partial charge in [-0.05, 0) is 36.8 Å². The number of carboxylic acids is 1. The molecule has 0 atom stereocenters. The van der Waals surface area contributed by atoms with E-state index >= 15 is 0 Å². The summed E-state index contributed by atoms with van der Waals surface area (Å²) < 4.78 is 37.3. The van der Waals surface area contributed by atoms with E-state index < -0.39 is 17.7 Å². The van der Waals surface area contributed by atoms with Crippen LogP contribution in [-0.4, -0.2) is 16.8 Å². The van der Waals surface area contributed by atoms with Crippen LogP contribution in [0.5, 0.6) is 0 Å². The van der Waals surface area contributed by atoms with Crippen LogP contribution in [-0.2, 0) is 11.0 Å². The molecule has 2 nitrogen and oxygen atoms in total. The molecule has 0 aliphatic rings. The third-order valence-corrected chi connectivity index (χ3v) is 3.30. The zero-order valence-electron chi connectivity index (χ0n) is 9.54. The Balaban J connectivity index is 2.41. The van der Waals surface area contributed by atoms with Gasteiger partial charge in [0.1, 0.15) is 0 Å². The largest absolute Gasteiger partial charge is 0.481 e. The highest BCUT2D eigenvalue weighted by Crippen LogP contribution is 2.32. The molecule has 0 saturated heterocycles. The van der Waals surface area contributed by atoms with Crippen LogP contribution in [0, 0.1) is 0 Å². The zero-order chi connectivity index (χ0) is 13.6. The quantitative estimate of drug-likeness (QED) is 0.630. The molecule has 1 N–H and O–H groups in total. The highest BCUT2D eigenvalue weighted by molar-refractivity contribution is 7.99. The summed E-state index contributed by atoms with van der Waals surface area (Å²) >= 11 is 1.31. The molecule has 0 radical (unpaired) electrons. The zero-order valence-corrected chi connectivity index (χ0v) is 10.4. The monoisotopic (exact) mass is 278 g/mol. The lowest BCUT2D eigenvalue weighted by Crippen LogP contribution is -2.04. The highest BCUT2D eigenvalue weighted by Gasteiger charge is 2.30. The van der Waals surface area contributed by atoms with Gasteiger partial charge in [-0.3, -0.25) is 4.79 Å². The Morgan fingerprint density at radius 2 is 2.00 bits per heavy atom. The summed E-state index contributed by atoms with van der Waals surface area (Å²) in [5.74, 6) is -0.228. The number of alkyl halides is 3. The van der Waals surface area contributed by atoms with E-state index in [-0.39, 0.29) is 6.42 Å². The standard InChI is InChI=1S/C12H13F3O2S/c13-12(14,15)9-4-3-5-10(8-9)18-7-2-1-6-11(16)17/h3-5,8H,1-2,6-7H2,(H,16,17). The van der Waals surface area contributed by atoms with Crippen molar-refractivity contribution in [2.24, 2.45) is 0 Å². The molecule has 0 bridgehead atoms. The van der Waals surface area contributed by atoms with Crippen LogP contribution in [0.3, 0.4) is 0 Å². The number of aliphatic carboxylic acids is 1. The molecule has 18 heavy (non-hydrogen) atoms.